The Morgan fingerprint density at radius 1 is 1.11 bits per heavy atom. The van der Waals surface area contributed by atoms with E-state index in [-0.39, 0.29) is 29.3 Å². The normalized spacial score (nSPS) is 35.1. The van der Waals surface area contributed by atoms with Gasteiger partial charge in [-0.3, -0.25) is 4.79 Å². The largest absolute Gasteiger partial charge is 0.465 e. The third kappa shape index (κ3) is 3.05. The Morgan fingerprint density at radius 3 is 2.50 bits per heavy atom. The van der Waals surface area contributed by atoms with Crippen molar-refractivity contribution in [3.63, 3.8) is 0 Å². The molecular formula is C21H26FN3O3. The average Bonchev–Trinajstić information content (AvgIpc) is 3.00. The highest BCUT2D eigenvalue weighted by atomic mass is 19.1. The zero-order chi connectivity index (χ0) is 19.5. The monoisotopic (exact) mass is 387 g/mol. The summed E-state index contributed by atoms with van der Waals surface area (Å²) in [5, 5.41) is 15.7. The first-order valence-corrected chi connectivity index (χ1v) is 10.1. The van der Waals surface area contributed by atoms with Crippen LogP contribution in [-0.2, 0) is 17.9 Å². The number of carboxylic acid groups (broad SMARTS) is 1. The maximum absolute atomic E-state index is 13.4. The summed E-state index contributed by atoms with van der Waals surface area (Å²) in [4.78, 5) is 25.9. The molecule has 6 nitrogen and oxygen atoms in total. The van der Waals surface area contributed by atoms with Gasteiger partial charge >= 0.3 is 6.09 Å². The summed E-state index contributed by atoms with van der Waals surface area (Å²) < 4.78 is 13.4. The lowest BCUT2D eigenvalue weighted by Crippen LogP contribution is -2.69. The SMILES string of the molecule is O=C(O)NC12CC3CC(CC(NCC(=O)N4Cc5ccc(F)cc5C4)(C3)C1)C2. The first-order chi connectivity index (χ1) is 13.3. The zero-order valence-corrected chi connectivity index (χ0v) is 15.8. The molecular weight excluding hydrogens is 361 g/mol. The van der Waals surface area contributed by atoms with Gasteiger partial charge in [0.25, 0.3) is 0 Å². The molecule has 2 atom stereocenters. The van der Waals surface area contributed by atoms with Crippen molar-refractivity contribution in [2.24, 2.45) is 11.8 Å². The van der Waals surface area contributed by atoms with Crippen LogP contribution in [0.5, 0.6) is 0 Å². The summed E-state index contributed by atoms with van der Waals surface area (Å²) in [5.41, 5.74) is 1.40. The van der Waals surface area contributed by atoms with Crippen LogP contribution in [0.3, 0.4) is 0 Å². The molecule has 0 spiro atoms. The van der Waals surface area contributed by atoms with Crippen LogP contribution < -0.4 is 10.6 Å². The summed E-state index contributed by atoms with van der Waals surface area (Å²) in [6.07, 6.45) is 4.86. The van der Waals surface area contributed by atoms with Gasteiger partial charge in [0, 0.05) is 24.2 Å². The van der Waals surface area contributed by atoms with E-state index in [4.69, 9.17) is 0 Å². The number of rotatable bonds is 4. The molecule has 2 unspecified atom stereocenters. The lowest BCUT2D eigenvalue weighted by molar-refractivity contribution is -0.132. The van der Waals surface area contributed by atoms with E-state index in [1.54, 1.807) is 11.0 Å². The maximum atomic E-state index is 13.4. The quantitative estimate of drug-likeness (QED) is 0.742. The molecule has 1 aliphatic heterocycles. The zero-order valence-electron chi connectivity index (χ0n) is 15.8. The van der Waals surface area contributed by atoms with Gasteiger partial charge in [-0.15, -0.1) is 0 Å². The van der Waals surface area contributed by atoms with Crippen LogP contribution in [0.15, 0.2) is 18.2 Å². The predicted molar refractivity (Wildman–Crippen MR) is 100.0 cm³/mol. The van der Waals surface area contributed by atoms with Crippen LogP contribution in [0.4, 0.5) is 9.18 Å². The number of hydrogen-bond acceptors (Lipinski definition) is 3. The van der Waals surface area contributed by atoms with E-state index in [1.165, 1.54) is 18.6 Å². The van der Waals surface area contributed by atoms with Crippen molar-refractivity contribution >= 4 is 12.0 Å². The molecule has 1 aromatic rings. The van der Waals surface area contributed by atoms with Crippen molar-refractivity contribution in [2.45, 2.75) is 62.7 Å². The highest BCUT2D eigenvalue weighted by Crippen LogP contribution is 2.57. The summed E-state index contributed by atoms with van der Waals surface area (Å²) >= 11 is 0. The molecule has 6 rings (SSSR count). The fourth-order valence-electron chi connectivity index (χ4n) is 6.76. The number of hydrogen-bond donors (Lipinski definition) is 3. The maximum Gasteiger partial charge on any atom is 0.405 e. The summed E-state index contributed by atoms with van der Waals surface area (Å²) in [6, 6.07) is 4.71. The molecule has 4 aliphatic carbocycles. The molecule has 7 heteroatoms. The van der Waals surface area contributed by atoms with Crippen molar-refractivity contribution in [1.29, 1.82) is 0 Å². The number of amides is 2. The van der Waals surface area contributed by atoms with E-state index in [0.29, 0.717) is 24.9 Å². The van der Waals surface area contributed by atoms with Crippen molar-refractivity contribution in [2.75, 3.05) is 6.54 Å². The van der Waals surface area contributed by atoms with Crippen molar-refractivity contribution in [3.8, 4) is 0 Å². The minimum absolute atomic E-state index is 0.0209. The number of carbonyl (C=O) groups is 2. The topological polar surface area (TPSA) is 81.7 Å². The van der Waals surface area contributed by atoms with Crippen LogP contribution in [0.2, 0.25) is 0 Å². The predicted octanol–water partition coefficient (Wildman–Crippen LogP) is 2.62. The van der Waals surface area contributed by atoms with Crippen LogP contribution >= 0.6 is 0 Å². The molecule has 4 bridgehead atoms. The lowest BCUT2D eigenvalue weighted by Gasteiger charge is -2.62. The molecule has 3 N–H and O–H groups in total. The molecule has 2 amide bonds. The number of carbonyl (C=O) groups excluding carboxylic acids is 1. The van der Waals surface area contributed by atoms with Crippen molar-refractivity contribution < 1.29 is 19.1 Å². The number of nitrogens with zero attached hydrogens (tertiary/aromatic N) is 1. The second kappa shape index (κ2) is 6.17. The standard InChI is InChI=1S/C21H26FN3O3/c22-17-2-1-15-10-25(11-16(15)4-17)18(26)9-23-20-5-13-3-14(6-20)8-21(7-13,12-20)24-19(27)28/h1-2,4,13-14,23-24H,3,5-12H2,(H,27,28). The minimum Gasteiger partial charge on any atom is -0.465 e. The van der Waals surface area contributed by atoms with Crippen LogP contribution in [0, 0.1) is 17.7 Å². The van der Waals surface area contributed by atoms with E-state index in [9.17, 15) is 19.1 Å². The molecule has 0 saturated heterocycles. The van der Waals surface area contributed by atoms with Gasteiger partial charge in [0.2, 0.25) is 5.91 Å². The van der Waals surface area contributed by atoms with Crippen LogP contribution in [-0.4, -0.2) is 39.6 Å². The van der Waals surface area contributed by atoms with Gasteiger partial charge in [0.05, 0.1) is 6.54 Å². The van der Waals surface area contributed by atoms with Gasteiger partial charge in [-0.2, -0.15) is 0 Å². The molecule has 150 valence electrons. The van der Waals surface area contributed by atoms with Gasteiger partial charge in [0.15, 0.2) is 0 Å². The second-order valence-electron chi connectivity index (χ2n) is 9.47. The van der Waals surface area contributed by atoms with Crippen molar-refractivity contribution in [1.82, 2.24) is 15.5 Å². The Balaban J connectivity index is 1.25. The average molecular weight is 387 g/mol. The lowest BCUT2D eigenvalue weighted by atomic mass is 9.50. The van der Waals surface area contributed by atoms with Gasteiger partial charge < -0.3 is 20.6 Å². The van der Waals surface area contributed by atoms with E-state index < -0.39 is 6.09 Å². The van der Waals surface area contributed by atoms with Gasteiger partial charge in [-0.25, -0.2) is 9.18 Å². The van der Waals surface area contributed by atoms with Crippen molar-refractivity contribution in [3.05, 3.63) is 35.1 Å². The second-order valence-corrected chi connectivity index (χ2v) is 9.47. The third-order valence-electron chi connectivity index (χ3n) is 7.29. The summed E-state index contributed by atoms with van der Waals surface area (Å²) in [6.45, 7) is 1.23. The Labute approximate surface area is 163 Å². The van der Waals surface area contributed by atoms with E-state index in [0.717, 1.165) is 43.2 Å². The highest BCUT2D eigenvalue weighted by Gasteiger charge is 2.58. The molecule has 0 radical (unpaired) electrons. The van der Waals surface area contributed by atoms with Crippen LogP contribution in [0.25, 0.3) is 0 Å². The fourth-order valence-corrected chi connectivity index (χ4v) is 6.76. The molecule has 1 heterocycles. The third-order valence-corrected chi connectivity index (χ3v) is 7.29. The Kier molecular flexibility index (Phi) is 3.95. The van der Waals surface area contributed by atoms with E-state index in [2.05, 4.69) is 10.6 Å². The van der Waals surface area contributed by atoms with Gasteiger partial charge in [0.1, 0.15) is 5.82 Å². The molecule has 4 fully saturated rings. The van der Waals surface area contributed by atoms with Crippen LogP contribution in [0.1, 0.15) is 49.7 Å². The molecule has 1 aromatic carbocycles. The molecule has 28 heavy (non-hydrogen) atoms. The highest BCUT2D eigenvalue weighted by molar-refractivity contribution is 5.79. The van der Waals surface area contributed by atoms with E-state index in [1.807, 2.05) is 0 Å². The smallest absolute Gasteiger partial charge is 0.405 e. The molecule has 5 aliphatic rings. The number of nitrogens with one attached hydrogen (secondary N) is 2. The van der Waals surface area contributed by atoms with Gasteiger partial charge in [-0.05, 0) is 73.6 Å². The molecule has 4 saturated carbocycles. The van der Waals surface area contributed by atoms with E-state index >= 15 is 0 Å². The minimum atomic E-state index is -0.949. The summed E-state index contributed by atoms with van der Waals surface area (Å²) in [5.74, 6) is 0.799. The Hall–Kier alpha value is -2.15. The fraction of sp³-hybridized carbons (Fsp3) is 0.619. The van der Waals surface area contributed by atoms with Gasteiger partial charge in [-0.1, -0.05) is 6.07 Å². The first-order valence-electron chi connectivity index (χ1n) is 10.1. The Bertz CT molecular complexity index is 828. The summed E-state index contributed by atoms with van der Waals surface area (Å²) in [7, 11) is 0. The number of benzene rings is 1. The number of halogens is 1. The number of fused-ring (bicyclic) bond motifs is 1. The Morgan fingerprint density at radius 2 is 1.79 bits per heavy atom. The molecule has 0 aromatic heterocycles. The first kappa shape index (κ1) is 17.9.